The highest BCUT2D eigenvalue weighted by molar-refractivity contribution is 6.88. The minimum atomic E-state index is -1.39. The van der Waals surface area contributed by atoms with Gasteiger partial charge in [0.15, 0.2) is 0 Å². The molecule has 3 aromatic heterocycles. The third kappa shape index (κ3) is 4.27. The van der Waals surface area contributed by atoms with Crippen molar-refractivity contribution in [2.24, 2.45) is 0 Å². The number of fused-ring (bicyclic) bond motifs is 9. The van der Waals surface area contributed by atoms with E-state index in [-0.39, 0.29) is 0 Å². The fourth-order valence-corrected chi connectivity index (χ4v) is 8.99. The molecule has 0 atom stereocenters. The van der Waals surface area contributed by atoms with Crippen LogP contribution in [0, 0.1) is 0 Å². The fraction of sp³-hybridized carbons (Fsp3) is 0.0667. The number of benzene rings is 7. The van der Waals surface area contributed by atoms with E-state index in [1.54, 1.807) is 0 Å². The molecule has 0 amide bonds. The van der Waals surface area contributed by atoms with Crippen molar-refractivity contribution < 1.29 is 4.42 Å². The second-order valence-corrected chi connectivity index (χ2v) is 19.3. The maximum atomic E-state index is 6.33. The summed E-state index contributed by atoms with van der Waals surface area (Å²) in [6.07, 6.45) is 0. The third-order valence-electron chi connectivity index (χ3n) is 10.3. The molecule has 4 heteroatoms. The van der Waals surface area contributed by atoms with Gasteiger partial charge in [0.1, 0.15) is 11.2 Å². The van der Waals surface area contributed by atoms with E-state index in [2.05, 4.69) is 168 Å². The Bertz CT molecular complexity index is 2910. The van der Waals surface area contributed by atoms with Gasteiger partial charge in [-0.25, -0.2) is 0 Å². The Kier molecular flexibility index (Phi) is 5.94. The topological polar surface area (TPSA) is 23.0 Å². The summed E-state index contributed by atoms with van der Waals surface area (Å²) in [5.74, 6) is 0. The van der Waals surface area contributed by atoms with Crippen molar-refractivity contribution in [2.45, 2.75) is 19.6 Å². The van der Waals surface area contributed by atoms with Crippen LogP contribution in [0.4, 0.5) is 0 Å². The highest BCUT2D eigenvalue weighted by Gasteiger charge is 2.19. The van der Waals surface area contributed by atoms with Gasteiger partial charge in [0.05, 0.1) is 30.1 Å². The predicted molar refractivity (Wildman–Crippen MR) is 211 cm³/mol. The lowest BCUT2D eigenvalue weighted by Gasteiger charge is -2.17. The molecule has 0 aliphatic heterocycles. The van der Waals surface area contributed by atoms with E-state index >= 15 is 0 Å². The van der Waals surface area contributed by atoms with Crippen molar-refractivity contribution in [3.8, 4) is 22.5 Å². The van der Waals surface area contributed by atoms with Gasteiger partial charge in [-0.05, 0) is 71.8 Å². The summed E-state index contributed by atoms with van der Waals surface area (Å²) in [6, 6.07) is 55.5. The van der Waals surface area contributed by atoms with Crippen LogP contribution in [-0.4, -0.2) is 17.2 Å². The standard InChI is InChI=1S/C45H34N2OSi/c1-49(2,3)33-21-18-31(19-22-33)46-41-14-8-5-11-35(41)39-26-29(17-25-42(39)46)30-16-23-36-34-10-4-7-13-40(34)47(43(36)27-30)32-20-24-38-37-12-6-9-15-44(37)48-45(38)28-32/h4-28H,1-3H3. The molecule has 0 bridgehead atoms. The maximum Gasteiger partial charge on any atom is 0.137 e. The first-order valence-corrected chi connectivity index (χ1v) is 20.5. The quantitative estimate of drug-likeness (QED) is 0.175. The van der Waals surface area contributed by atoms with E-state index in [9.17, 15) is 0 Å². The number of rotatable bonds is 4. The molecule has 0 aliphatic carbocycles. The lowest BCUT2D eigenvalue weighted by atomic mass is 10.0. The van der Waals surface area contributed by atoms with E-state index in [4.69, 9.17) is 4.42 Å². The molecular weight excluding hydrogens is 613 g/mol. The van der Waals surface area contributed by atoms with Crippen LogP contribution in [0.1, 0.15) is 0 Å². The van der Waals surface area contributed by atoms with E-state index in [0.29, 0.717) is 0 Å². The predicted octanol–water partition coefficient (Wildman–Crippen LogP) is 12.0. The summed E-state index contributed by atoms with van der Waals surface area (Å²) in [4.78, 5) is 0. The summed E-state index contributed by atoms with van der Waals surface area (Å²) in [5, 5.41) is 8.77. The second-order valence-electron chi connectivity index (χ2n) is 14.2. The first-order chi connectivity index (χ1) is 23.9. The molecular formula is C45H34N2OSi. The Labute approximate surface area is 285 Å². The SMILES string of the molecule is C[Si](C)(C)c1ccc(-n2c3ccccc3c3cc(-c4ccc5c6ccccc6n(-c6ccc7c(c6)oc6ccccc67)c5c4)ccc32)cc1. The normalized spacial score (nSPS) is 12.4. The number of furan rings is 1. The molecule has 234 valence electrons. The zero-order valence-corrected chi connectivity index (χ0v) is 28.7. The van der Waals surface area contributed by atoms with Crippen LogP contribution in [0.25, 0.3) is 88.1 Å². The molecule has 49 heavy (non-hydrogen) atoms. The van der Waals surface area contributed by atoms with Crippen LogP contribution in [-0.2, 0) is 0 Å². The molecule has 0 radical (unpaired) electrons. The molecule has 0 N–H and O–H groups in total. The van der Waals surface area contributed by atoms with Crippen molar-refractivity contribution >= 4 is 78.8 Å². The number of hydrogen-bond acceptors (Lipinski definition) is 1. The van der Waals surface area contributed by atoms with Gasteiger partial charge in [0.2, 0.25) is 0 Å². The molecule has 10 rings (SSSR count). The monoisotopic (exact) mass is 646 g/mol. The van der Waals surface area contributed by atoms with Gasteiger partial charge in [-0.3, -0.25) is 0 Å². The van der Waals surface area contributed by atoms with Crippen molar-refractivity contribution in [3.63, 3.8) is 0 Å². The van der Waals surface area contributed by atoms with Crippen molar-refractivity contribution in [1.29, 1.82) is 0 Å². The molecule has 10 aromatic rings. The van der Waals surface area contributed by atoms with Crippen LogP contribution in [0.3, 0.4) is 0 Å². The van der Waals surface area contributed by atoms with Gasteiger partial charge in [-0.15, -0.1) is 0 Å². The lowest BCUT2D eigenvalue weighted by molar-refractivity contribution is 0.668. The molecule has 0 aliphatic rings. The van der Waals surface area contributed by atoms with Gasteiger partial charge in [0, 0.05) is 49.8 Å². The Balaban J connectivity index is 1.16. The zero-order chi connectivity index (χ0) is 32.9. The van der Waals surface area contributed by atoms with Crippen molar-refractivity contribution in [1.82, 2.24) is 9.13 Å². The van der Waals surface area contributed by atoms with Crippen LogP contribution >= 0.6 is 0 Å². The summed E-state index contributed by atoms with van der Waals surface area (Å²) in [6.45, 7) is 7.21. The van der Waals surface area contributed by atoms with Crippen LogP contribution in [0.2, 0.25) is 19.6 Å². The number of para-hydroxylation sites is 3. The average Bonchev–Trinajstić information content (AvgIpc) is 3.78. The van der Waals surface area contributed by atoms with E-state index in [1.807, 2.05) is 12.1 Å². The first kappa shape index (κ1) is 28.2. The minimum absolute atomic E-state index is 0.901. The molecule has 0 unspecified atom stereocenters. The lowest BCUT2D eigenvalue weighted by Crippen LogP contribution is -2.37. The zero-order valence-electron chi connectivity index (χ0n) is 27.7. The average molecular weight is 647 g/mol. The molecule has 0 spiro atoms. The summed E-state index contributed by atoms with van der Waals surface area (Å²) in [7, 11) is -1.39. The number of nitrogens with zero attached hydrogens (tertiary/aromatic N) is 2. The van der Waals surface area contributed by atoms with E-state index < -0.39 is 8.07 Å². The molecule has 0 saturated carbocycles. The Hall–Kier alpha value is -5.84. The first-order valence-electron chi connectivity index (χ1n) is 17.0. The third-order valence-corrected chi connectivity index (χ3v) is 12.4. The summed E-state index contributed by atoms with van der Waals surface area (Å²) < 4.78 is 11.1. The molecule has 7 aromatic carbocycles. The van der Waals surface area contributed by atoms with E-state index in [1.165, 1.54) is 65.6 Å². The second kappa shape index (κ2) is 10.3. The smallest absolute Gasteiger partial charge is 0.137 e. The van der Waals surface area contributed by atoms with E-state index in [0.717, 1.165) is 27.6 Å². The van der Waals surface area contributed by atoms with Gasteiger partial charge in [0.25, 0.3) is 0 Å². The van der Waals surface area contributed by atoms with Crippen LogP contribution < -0.4 is 5.19 Å². The molecule has 3 heterocycles. The van der Waals surface area contributed by atoms with Gasteiger partial charge >= 0.3 is 0 Å². The van der Waals surface area contributed by atoms with Crippen molar-refractivity contribution in [2.75, 3.05) is 0 Å². The fourth-order valence-electron chi connectivity index (χ4n) is 7.82. The maximum absolute atomic E-state index is 6.33. The highest BCUT2D eigenvalue weighted by Crippen LogP contribution is 2.39. The summed E-state index contributed by atoms with van der Waals surface area (Å²) >= 11 is 0. The largest absolute Gasteiger partial charge is 0.456 e. The van der Waals surface area contributed by atoms with Gasteiger partial charge in [-0.1, -0.05) is 110 Å². The summed E-state index contributed by atoms with van der Waals surface area (Å²) in [5.41, 5.74) is 11.3. The Morgan fingerprint density at radius 1 is 0.388 bits per heavy atom. The van der Waals surface area contributed by atoms with Crippen LogP contribution in [0.15, 0.2) is 156 Å². The molecule has 0 saturated heterocycles. The van der Waals surface area contributed by atoms with Crippen LogP contribution in [0.5, 0.6) is 0 Å². The highest BCUT2D eigenvalue weighted by atomic mass is 28.3. The van der Waals surface area contributed by atoms with Crippen molar-refractivity contribution in [3.05, 3.63) is 152 Å². The number of aromatic nitrogens is 2. The molecule has 3 nitrogen and oxygen atoms in total. The van der Waals surface area contributed by atoms with Gasteiger partial charge < -0.3 is 13.6 Å². The molecule has 0 fully saturated rings. The van der Waals surface area contributed by atoms with Gasteiger partial charge in [-0.2, -0.15) is 0 Å². The Morgan fingerprint density at radius 3 is 1.67 bits per heavy atom. The number of hydrogen-bond donors (Lipinski definition) is 0. The minimum Gasteiger partial charge on any atom is -0.456 e. The Morgan fingerprint density at radius 2 is 0.918 bits per heavy atom.